The van der Waals surface area contributed by atoms with Gasteiger partial charge in [-0.1, -0.05) is 46.4 Å². The summed E-state index contributed by atoms with van der Waals surface area (Å²) < 4.78 is 23.4. The van der Waals surface area contributed by atoms with Gasteiger partial charge in [-0.25, -0.2) is 17.8 Å². The van der Waals surface area contributed by atoms with Crippen LogP contribution in [-0.4, -0.2) is 27.2 Å². The van der Waals surface area contributed by atoms with Gasteiger partial charge in [0.2, 0.25) is 5.43 Å². The fourth-order valence-electron chi connectivity index (χ4n) is 1.78. The molecule has 0 atom stereocenters. The molecule has 25 heavy (non-hydrogen) atoms. The van der Waals surface area contributed by atoms with Crippen LogP contribution in [0.5, 0.6) is 0 Å². The van der Waals surface area contributed by atoms with Crippen molar-refractivity contribution in [3.8, 4) is 5.69 Å². The van der Waals surface area contributed by atoms with Crippen LogP contribution in [0.25, 0.3) is 5.69 Å². The molecule has 0 aliphatic carbocycles. The van der Waals surface area contributed by atoms with E-state index in [9.17, 15) is 18.0 Å². The number of amides is 1. The van der Waals surface area contributed by atoms with Crippen molar-refractivity contribution in [1.29, 1.82) is 0 Å². The topological polar surface area (TPSA) is 98.1 Å². The molecule has 1 aromatic carbocycles. The van der Waals surface area contributed by atoms with Gasteiger partial charge in [0.1, 0.15) is 0 Å². The van der Waals surface area contributed by atoms with Crippen molar-refractivity contribution in [2.45, 2.75) is 10.0 Å². The van der Waals surface area contributed by atoms with Gasteiger partial charge in [0.15, 0.2) is 5.69 Å². The number of nitrogens with one attached hydrogen (secondary N) is 1. The quantitative estimate of drug-likeness (QED) is 0.733. The minimum Gasteiger partial charge on any atom is -0.287 e. The highest BCUT2D eigenvalue weighted by Crippen LogP contribution is 2.31. The molecule has 0 radical (unpaired) electrons. The van der Waals surface area contributed by atoms with E-state index in [1.807, 2.05) is 0 Å². The largest absolute Gasteiger partial charge is 0.311 e. The predicted octanol–water partition coefficient (Wildman–Crippen LogP) is 2.58. The number of sulfonamides is 1. The number of carbonyl (C=O) groups is 1. The van der Waals surface area contributed by atoms with Gasteiger partial charge in [-0.05, 0) is 31.2 Å². The molecule has 1 aromatic heterocycles. The van der Waals surface area contributed by atoms with E-state index in [1.54, 1.807) is 31.2 Å². The summed E-state index contributed by atoms with van der Waals surface area (Å²) in [5, 5.41) is 4.37. The number of aromatic nitrogens is 2. The molecular weight excluding hydrogens is 436 g/mol. The van der Waals surface area contributed by atoms with Crippen LogP contribution in [0.3, 0.4) is 0 Å². The Morgan fingerprint density at radius 2 is 1.76 bits per heavy atom. The van der Waals surface area contributed by atoms with Gasteiger partial charge in [-0.15, -0.1) is 0 Å². The molecule has 7 nitrogen and oxygen atoms in total. The standard InChI is InChI=1S/C13H9Cl4N3O4S/c1-7-6-10(21)11(12(22)19-25(23,24)13(15,16)17)18-20(7)9-4-2-8(14)3-5-9/h2-6H,1H3,(H,19,22). The van der Waals surface area contributed by atoms with E-state index >= 15 is 0 Å². The van der Waals surface area contributed by atoms with Crippen molar-refractivity contribution >= 4 is 62.3 Å². The lowest BCUT2D eigenvalue weighted by atomic mass is 10.3. The first-order valence-electron chi connectivity index (χ1n) is 6.43. The highest BCUT2D eigenvalue weighted by atomic mass is 35.6. The molecule has 0 aliphatic heterocycles. The number of rotatable bonds is 3. The summed E-state index contributed by atoms with van der Waals surface area (Å²) in [5.41, 5.74) is -0.564. The lowest BCUT2D eigenvalue weighted by Gasteiger charge is -2.14. The first kappa shape index (κ1) is 20.0. The number of halogens is 4. The maximum Gasteiger partial charge on any atom is 0.311 e. The number of hydrogen-bond donors (Lipinski definition) is 1. The summed E-state index contributed by atoms with van der Waals surface area (Å²) in [7, 11) is -4.66. The number of alkyl halides is 3. The normalized spacial score (nSPS) is 12.0. The van der Waals surface area contributed by atoms with Crippen molar-refractivity contribution in [2.75, 3.05) is 0 Å². The molecule has 0 saturated heterocycles. The van der Waals surface area contributed by atoms with Crippen molar-refractivity contribution < 1.29 is 13.2 Å². The van der Waals surface area contributed by atoms with E-state index in [4.69, 9.17) is 46.4 Å². The maximum absolute atomic E-state index is 12.1. The molecule has 1 amide bonds. The summed E-state index contributed by atoms with van der Waals surface area (Å²) >= 11 is 21.6. The van der Waals surface area contributed by atoms with Gasteiger partial charge in [-0.3, -0.25) is 9.59 Å². The van der Waals surface area contributed by atoms with Crippen LogP contribution in [-0.2, 0) is 10.0 Å². The maximum atomic E-state index is 12.1. The Morgan fingerprint density at radius 3 is 2.28 bits per heavy atom. The van der Waals surface area contributed by atoms with Crippen LogP contribution in [0.4, 0.5) is 0 Å². The van der Waals surface area contributed by atoms with Crippen molar-refractivity contribution in [1.82, 2.24) is 14.5 Å². The summed E-state index contributed by atoms with van der Waals surface area (Å²) in [6, 6.07) is 7.50. The molecule has 2 rings (SSSR count). The van der Waals surface area contributed by atoms with E-state index in [0.29, 0.717) is 16.4 Å². The molecule has 134 valence electrons. The molecule has 0 fully saturated rings. The van der Waals surface area contributed by atoms with E-state index in [-0.39, 0.29) is 0 Å². The molecule has 0 spiro atoms. The highest BCUT2D eigenvalue weighted by molar-refractivity contribution is 7.95. The Morgan fingerprint density at radius 1 is 1.20 bits per heavy atom. The fraction of sp³-hybridized carbons (Fsp3) is 0.154. The van der Waals surface area contributed by atoms with Gasteiger partial charge in [-0.2, -0.15) is 5.10 Å². The smallest absolute Gasteiger partial charge is 0.287 e. The van der Waals surface area contributed by atoms with Crippen LogP contribution >= 0.6 is 46.4 Å². The highest BCUT2D eigenvalue weighted by Gasteiger charge is 2.40. The van der Waals surface area contributed by atoms with Gasteiger partial charge < -0.3 is 0 Å². The van der Waals surface area contributed by atoms with E-state index < -0.39 is 30.2 Å². The Bertz CT molecular complexity index is 982. The minimum absolute atomic E-state index is 0.410. The molecule has 0 aliphatic rings. The SMILES string of the molecule is Cc1cc(=O)c(C(=O)NS(=O)(=O)C(Cl)(Cl)Cl)nn1-c1ccc(Cl)cc1. The third kappa shape index (κ3) is 4.45. The molecule has 0 saturated carbocycles. The zero-order valence-corrected chi connectivity index (χ0v) is 16.2. The molecule has 1 N–H and O–H groups in total. The fourth-order valence-corrected chi connectivity index (χ4v) is 2.71. The Labute approximate surface area is 162 Å². The number of nitrogens with zero attached hydrogens (tertiary/aromatic N) is 2. The van der Waals surface area contributed by atoms with Crippen LogP contribution in [0.2, 0.25) is 5.02 Å². The second-order valence-electron chi connectivity index (χ2n) is 4.77. The Hall–Kier alpha value is -1.32. The Kier molecular flexibility index (Phi) is 5.70. The van der Waals surface area contributed by atoms with Gasteiger partial charge >= 0.3 is 3.12 Å². The summed E-state index contributed by atoms with van der Waals surface area (Å²) in [6.07, 6.45) is 0. The Balaban J connectivity index is 2.49. The van der Waals surface area contributed by atoms with Crippen LogP contribution in [0.15, 0.2) is 35.1 Å². The van der Waals surface area contributed by atoms with Crippen molar-refractivity contribution in [3.05, 3.63) is 57.0 Å². The van der Waals surface area contributed by atoms with E-state index in [1.165, 1.54) is 9.40 Å². The third-order valence-electron chi connectivity index (χ3n) is 2.93. The second kappa shape index (κ2) is 7.13. The average molecular weight is 445 g/mol. The first-order chi connectivity index (χ1) is 11.4. The van der Waals surface area contributed by atoms with Gasteiger partial charge in [0, 0.05) is 16.8 Å². The second-order valence-corrected chi connectivity index (χ2v) is 9.98. The van der Waals surface area contributed by atoms with Gasteiger partial charge in [0.25, 0.3) is 15.9 Å². The molecule has 0 bridgehead atoms. The predicted molar refractivity (Wildman–Crippen MR) is 96.3 cm³/mol. The number of aryl methyl sites for hydroxylation is 1. The molecule has 1 heterocycles. The monoisotopic (exact) mass is 443 g/mol. The van der Waals surface area contributed by atoms with E-state index in [0.717, 1.165) is 6.07 Å². The number of benzene rings is 1. The minimum atomic E-state index is -4.66. The average Bonchev–Trinajstić information content (AvgIpc) is 2.46. The van der Waals surface area contributed by atoms with E-state index in [2.05, 4.69) is 5.10 Å². The number of carbonyl (C=O) groups excluding carboxylic acids is 1. The first-order valence-corrected chi connectivity index (χ1v) is 9.42. The van der Waals surface area contributed by atoms with Crippen LogP contribution < -0.4 is 10.2 Å². The molecule has 12 heteroatoms. The molecule has 2 aromatic rings. The van der Waals surface area contributed by atoms with Crippen LogP contribution in [0, 0.1) is 6.92 Å². The zero-order chi connectivity index (χ0) is 19.0. The van der Waals surface area contributed by atoms with Crippen molar-refractivity contribution in [2.24, 2.45) is 0 Å². The molecule has 0 unspecified atom stereocenters. The lowest BCUT2D eigenvalue weighted by molar-refractivity contribution is 0.0973. The number of hydrogen-bond acceptors (Lipinski definition) is 5. The lowest BCUT2D eigenvalue weighted by Crippen LogP contribution is -2.41. The molecular formula is C13H9Cl4N3O4S. The summed E-state index contributed by atoms with van der Waals surface area (Å²) in [5.74, 6) is -1.32. The summed E-state index contributed by atoms with van der Waals surface area (Å²) in [6.45, 7) is 1.59. The zero-order valence-electron chi connectivity index (χ0n) is 12.3. The van der Waals surface area contributed by atoms with Crippen LogP contribution in [0.1, 0.15) is 16.2 Å². The summed E-state index contributed by atoms with van der Waals surface area (Å²) in [4.78, 5) is 24.1. The van der Waals surface area contributed by atoms with Gasteiger partial charge in [0.05, 0.1) is 5.69 Å². The third-order valence-corrected chi connectivity index (χ3v) is 6.07. The van der Waals surface area contributed by atoms with Crippen molar-refractivity contribution in [3.63, 3.8) is 0 Å².